The van der Waals surface area contributed by atoms with Crippen LogP contribution in [0.3, 0.4) is 0 Å². The molecule has 4 rings (SSSR count). The summed E-state index contributed by atoms with van der Waals surface area (Å²) in [5, 5.41) is 3.78. The smallest absolute Gasteiger partial charge is 0.120 e. The lowest BCUT2D eigenvalue weighted by atomic mass is 9.77. The first kappa shape index (κ1) is 15.1. The van der Waals surface area contributed by atoms with Crippen LogP contribution in [0.5, 0.6) is 5.75 Å². The standard InChI is InChI=1S/C22H23NO/c1-3-12-24-17-10-11-21-20(14-17)18-8-5-9-19(18)22(23-21)16-7-4-6-15(2)13-16/h3-8,10-11,13-14,18-19,22-23H,1,9,12H2,2H3. The Kier molecular flexibility index (Phi) is 3.89. The summed E-state index contributed by atoms with van der Waals surface area (Å²) in [5.74, 6) is 1.94. The highest BCUT2D eigenvalue weighted by molar-refractivity contribution is 5.61. The van der Waals surface area contributed by atoms with Gasteiger partial charge in [0.1, 0.15) is 12.4 Å². The Hall–Kier alpha value is -2.48. The Morgan fingerprint density at radius 2 is 2.17 bits per heavy atom. The first-order valence-corrected chi connectivity index (χ1v) is 8.63. The van der Waals surface area contributed by atoms with Crippen LogP contribution in [0.1, 0.15) is 35.1 Å². The van der Waals surface area contributed by atoms with Crippen LogP contribution >= 0.6 is 0 Å². The molecule has 3 unspecified atom stereocenters. The number of ether oxygens (including phenoxy) is 1. The van der Waals surface area contributed by atoms with Gasteiger partial charge in [-0.1, -0.05) is 54.6 Å². The van der Waals surface area contributed by atoms with E-state index in [4.69, 9.17) is 4.74 Å². The van der Waals surface area contributed by atoms with E-state index in [1.54, 1.807) is 6.08 Å². The maximum absolute atomic E-state index is 5.73. The zero-order valence-electron chi connectivity index (χ0n) is 14.0. The SMILES string of the molecule is C=CCOc1ccc2c(c1)C1C=CCC1C(c1cccc(C)c1)N2. The molecule has 2 aliphatic rings. The fourth-order valence-corrected chi connectivity index (χ4v) is 4.01. The Labute approximate surface area is 143 Å². The molecule has 2 heteroatoms. The van der Waals surface area contributed by atoms with Crippen molar-refractivity contribution in [1.29, 1.82) is 0 Å². The molecule has 0 radical (unpaired) electrons. The normalized spacial score (nSPS) is 24.0. The molecule has 1 aliphatic carbocycles. The lowest BCUT2D eigenvalue weighted by Gasteiger charge is -2.37. The molecule has 0 amide bonds. The second kappa shape index (κ2) is 6.20. The summed E-state index contributed by atoms with van der Waals surface area (Å²) in [4.78, 5) is 0. The number of anilines is 1. The molecule has 0 aromatic heterocycles. The highest BCUT2D eigenvalue weighted by Gasteiger charge is 2.37. The van der Waals surface area contributed by atoms with Crippen LogP contribution in [0.25, 0.3) is 0 Å². The number of benzene rings is 2. The third-order valence-electron chi connectivity index (χ3n) is 5.10. The largest absolute Gasteiger partial charge is 0.490 e. The summed E-state index contributed by atoms with van der Waals surface area (Å²) in [6, 6.07) is 15.6. The van der Waals surface area contributed by atoms with Gasteiger partial charge in [-0.15, -0.1) is 0 Å². The highest BCUT2D eigenvalue weighted by Crippen LogP contribution is 2.50. The van der Waals surface area contributed by atoms with Crippen LogP contribution in [-0.2, 0) is 0 Å². The van der Waals surface area contributed by atoms with Gasteiger partial charge in [0.25, 0.3) is 0 Å². The molecule has 24 heavy (non-hydrogen) atoms. The fourth-order valence-electron chi connectivity index (χ4n) is 4.01. The topological polar surface area (TPSA) is 21.3 Å². The molecule has 2 nitrogen and oxygen atoms in total. The van der Waals surface area contributed by atoms with Gasteiger partial charge in [-0.25, -0.2) is 0 Å². The van der Waals surface area contributed by atoms with Crippen molar-refractivity contribution in [1.82, 2.24) is 0 Å². The number of aryl methyl sites for hydroxylation is 1. The van der Waals surface area contributed by atoms with Crippen LogP contribution in [0.4, 0.5) is 5.69 Å². The Morgan fingerprint density at radius 1 is 1.25 bits per heavy atom. The molecule has 3 atom stereocenters. The monoisotopic (exact) mass is 317 g/mol. The maximum Gasteiger partial charge on any atom is 0.120 e. The average Bonchev–Trinajstić information content (AvgIpc) is 3.09. The summed E-state index contributed by atoms with van der Waals surface area (Å²) in [7, 11) is 0. The molecular weight excluding hydrogens is 294 g/mol. The quantitative estimate of drug-likeness (QED) is 0.764. The average molecular weight is 317 g/mol. The zero-order valence-corrected chi connectivity index (χ0v) is 14.0. The molecule has 2 aromatic carbocycles. The van der Waals surface area contributed by atoms with Crippen molar-refractivity contribution < 1.29 is 4.74 Å². The molecule has 0 spiro atoms. The summed E-state index contributed by atoms with van der Waals surface area (Å²) in [5.41, 5.74) is 5.27. The van der Waals surface area contributed by atoms with Gasteiger partial charge < -0.3 is 10.1 Å². The summed E-state index contributed by atoms with van der Waals surface area (Å²) >= 11 is 0. The minimum absolute atomic E-state index is 0.359. The predicted octanol–water partition coefficient (Wildman–Crippen LogP) is 5.39. The van der Waals surface area contributed by atoms with Crippen molar-refractivity contribution in [3.63, 3.8) is 0 Å². The number of hydrogen-bond acceptors (Lipinski definition) is 2. The fraction of sp³-hybridized carbons (Fsp3) is 0.273. The van der Waals surface area contributed by atoms with Crippen LogP contribution in [0.2, 0.25) is 0 Å². The summed E-state index contributed by atoms with van der Waals surface area (Å²) in [6.07, 6.45) is 7.59. The van der Waals surface area contributed by atoms with E-state index in [2.05, 4.69) is 67.4 Å². The summed E-state index contributed by atoms with van der Waals surface area (Å²) in [6.45, 7) is 6.42. The van der Waals surface area contributed by atoms with E-state index in [-0.39, 0.29) is 0 Å². The predicted molar refractivity (Wildman–Crippen MR) is 99.7 cm³/mol. The summed E-state index contributed by atoms with van der Waals surface area (Å²) < 4.78 is 5.73. The van der Waals surface area contributed by atoms with Crippen molar-refractivity contribution in [2.75, 3.05) is 11.9 Å². The van der Waals surface area contributed by atoms with Gasteiger partial charge >= 0.3 is 0 Å². The number of rotatable bonds is 4. The number of fused-ring (bicyclic) bond motifs is 3. The Bertz CT molecular complexity index is 792. The third kappa shape index (κ3) is 2.62. The van der Waals surface area contributed by atoms with Crippen LogP contribution in [0, 0.1) is 12.8 Å². The second-order valence-corrected chi connectivity index (χ2v) is 6.74. The van der Waals surface area contributed by atoms with E-state index in [1.807, 2.05) is 6.07 Å². The van der Waals surface area contributed by atoms with E-state index in [1.165, 1.54) is 22.4 Å². The van der Waals surface area contributed by atoms with E-state index in [0.29, 0.717) is 24.5 Å². The van der Waals surface area contributed by atoms with E-state index in [0.717, 1.165) is 12.2 Å². The lowest BCUT2D eigenvalue weighted by Crippen LogP contribution is -2.29. The molecule has 122 valence electrons. The Morgan fingerprint density at radius 3 is 3.00 bits per heavy atom. The Balaban J connectivity index is 1.70. The van der Waals surface area contributed by atoms with Crippen molar-refractivity contribution in [2.24, 2.45) is 5.92 Å². The maximum atomic E-state index is 5.73. The number of nitrogens with one attached hydrogen (secondary N) is 1. The molecular formula is C22H23NO. The molecule has 2 aromatic rings. The number of allylic oxidation sites excluding steroid dienone is 2. The van der Waals surface area contributed by atoms with Crippen LogP contribution in [-0.4, -0.2) is 6.61 Å². The molecule has 0 bridgehead atoms. The minimum atomic E-state index is 0.359. The highest BCUT2D eigenvalue weighted by atomic mass is 16.5. The molecule has 0 fully saturated rings. The van der Waals surface area contributed by atoms with E-state index >= 15 is 0 Å². The lowest BCUT2D eigenvalue weighted by molar-refractivity contribution is 0.361. The molecule has 0 saturated carbocycles. The van der Waals surface area contributed by atoms with Gasteiger partial charge in [-0.2, -0.15) is 0 Å². The van der Waals surface area contributed by atoms with Crippen molar-refractivity contribution >= 4 is 5.69 Å². The molecule has 1 heterocycles. The van der Waals surface area contributed by atoms with Crippen molar-refractivity contribution in [3.8, 4) is 5.75 Å². The van der Waals surface area contributed by atoms with Gasteiger partial charge in [0, 0.05) is 11.6 Å². The van der Waals surface area contributed by atoms with Gasteiger partial charge in [-0.05, 0) is 48.6 Å². The third-order valence-corrected chi connectivity index (χ3v) is 5.10. The minimum Gasteiger partial charge on any atom is -0.490 e. The van der Waals surface area contributed by atoms with E-state index < -0.39 is 0 Å². The molecule has 1 aliphatic heterocycles. The van der Waals surface area contributed by atoms with Crippen LogP contribution < -0.4 is 10.1 Å². The first-order chi connectivity index (χ1) is 11.8. The van der Waals surface area contributed by atoms with E-state index in [9.17, 15) is 0 Å². The van der Waals surface area contributed by atoms with Crippen molar-refractivity contribution in [3.05, 3.63) is 84.0 Å². The zero-order chi connectivity index (χ0) is 16.5. The van der Waals surface area contributed by atoms with Crippen molar-refractivity contribution in [2.45, 2.75) is 25.3 Å². The van der Waals surface area contributed by atoms with Gasteiger partial charge in [0.15, 0.2) is 0 Å². The first-order valence-electron chi connectivity index (χ1n) is 8.63. The van der Waals surface area contributed by atoms with Gasteiger partial charge in [0.05, 0.1) is 6.04 Å². The second-order valence-electron chi connectivity index (χ2n) is 6.74. The molecule has 0 saturated heterocycles. The number of hydrogen-bond donors (Lipinski definition) is 1. The molecule has 1 N–H and O–H groups in total. The van der Waals surface area contributed by atoms with Crippen LogP contribution in [0.15, 0.2) is 67.3 Å². The van der Waals surface area contributed by atoms with Gasteiger partial charge in [-0.3, -0.25) is 0 Å². The van der Waals surface area contributed by atoms with Gasteiger partial charge in [0.2, 0.25) is 0 Å².